The average Bonchev–Trinajstić information content (AvgIpc) is 2.68. The Morgan fingerprint density at radius 1 is 1.12 bits per heavy atom. The molecule has 26 heavy (non-hydrogen) atoms. The van der Waals surface area contributed by atoms with Crippen LogP contribution in [0, 0.1) is 5.92 Å². The van der Waals surface area contributed by atoms with Crippen LogP contribution in [-0.4, -0.2) is 28.9 Å². The number of piperidine rings is 1. The van der Waals surface area contributed by atoms with E-state index in [2.05, 4.69) is 46.4 Å². The number of pyridine rings is 1. The highest BCUT2D eigenvalue weighted by Crippen LogP contribution is 2.18. The molecule has 1 aliphatic heterocycles. The summed E-state index contributed by atoms with van der Waals surface area (Å²) >= 11 is 0. The van der Waals surface area contributed by atoms with Crippen LogP contribution in [0.3, 0.4) is 0 Å². The predicted molar refractivity (Wildman–Crippen MR) is 105 cm³/mol. The molecule has 4 nitrogen and oxygen atoms in total. The number of nitrogens with one attached hydrogen (secondary N) is 1. The molecule has 0 radical (unpaired) electrons. The zero-order valence-electron chi connectivity index (χ0n) is 15.7. The van der Waals surface area contributed by atoms with Crippen LogP contribution in [0.25, 0.3) is 0 Å². The SMILES string of the molecule is CC1CCN(Cc2ccc(CNC(=O)CCc3cccnc3)cc2)CC1. The zero-order valence-corrected chi connectivity index (χ0v) is 15.7. The third-order valence-electron chi connectivity index (χ3n) is 5.16. The molecule has 2 heterocycles. The molecule has 0 saturated carbocycles. The van der Waals surface area contributed by atoms with Gasteiger partial charge >= 0.3 is 0 Å². The summed E-state index contributed by atoms with van der Waals surface area (Å²) in [4.78, 5) is 18.6. The van der Waals surface area contributed by atoms with E-state index in [4.69, 9.17) is 0 Å². The van der Waals surface area contributed by atoms with E-state index in [1.807, 2.05) is 18.3 Å². The van der Waals surface area contributed by atoms with Crippen molar-refractivity contribution in [2.75, 3.05) is 13.1 Å². The van der Waals surface area contributed by atoms with Gasteiger partial charge in [0, 0.05) is 31.9 Å². The van der Waals surface area contributed by atoms with Gasteiger partial charge in [-0.15, -0.1) is 0 Å². The second-order valence-electron chi connectivity index (χ2n) is 7.41. The lowest BCUT2D eigenvalue weighted by Gasteiger charge is -2.30. The van der Waals surface area contributed by atoms with Crippen LogP contribution in [0.1, 0.15) is 42.9 Å². The topological polar surface area (TPSA) is 45.2 Å². The Kier molecular flexibility index (Phi) is 6.78. The quantitative estimate of drug-likeness (QED) is 0.829. The molecule has 0 spiro atoms. The Morgan fingerprint density at radius 3 is 2.54 bits per heavy atom. The lowest BCUT2D eigenvalue weighted by molar-refractivity contribution is -0.121. The molecule has 1 aromatic carbocycles. The van der Waals surface area contributed by atoms with E-state index in [0.717, 1.165) is 30.0 Å². The Bertz CT molecular complexity index is 676. The molecule has 1 saturated heterocycles. The minimum atomic E-state index is 0.0837. The first-order valence-electron chi connectivity index (χ1n) is 9.65. The van der Waals surface area contributed by atoms with Crippen molar-refractivity contribution in [3.8, 4) is 0 Å². The number of carbonyl (C=O) groups is 1. The Balaban J connectivity index is 1.39. The van der Waals surface area contributed by atoms with Crippen molar-refractivity contribution < 1.29 is 4.79 Å². The Hall–Kier alpha value is -2.20. The molecule has 2 aromatic rings. The van der Waals surface area contributed by atoms with Crippen molar-refractivity contribution in [2.45, 2.75) is 45.7 Å². The van der Waals surface area contributed by atoms with Gasteiger partial charge in [-0.25, -0.2) is 0 Å². The van der Waals surface area contributed by atoms with E-state index in [9.17, 15) is 4.79 Å². The van der Waals surface area contributed by atoms with Gasteiger partial charge < -0.3 is 5.32 Å². The fourth-order valence-corrected chi connectivity index (χ4v) is 3.33. The molecule has 138 valence electrons. The Morgan fingerprint density at radius 2 is 1.85 bits per heavy atom. The summed E-state index contributed by atoms with van der Waals surface area (Å²) in [6.45, 7) is 6.38. The normalized spacial score (nSPS) is 15.7. The van der Waals surface area contributed by atoms with Crippen molar-refractivity contribution in [2.24, 2.45) is 5.92 Å². The maximum absolute atomic E-state index is 12.0. The highest BCUT2D eigenvalue weighted by atomic mass is 16.1. The van der Waals surface area contributed by atoms with E-state index < -0.39 is 0 Å². The van der Waals surface area contributed by atoms with Crippen LogP contribution in [-0.2, 0) is 24.3 Å². The molecule has 1 aliphatic rings. The van der Waals surface area contributed by atoms with Gasteiger partial charge in [-0.1, -0.05) is 37.3 Å². The standard InChI is InChI=1S/C22H29N3O/c1-18-10-13-25(14-11-18)17-21-6-4-20(5-7-21)16-24-22(26)9-8-19-3-2-12-23-15-19/h2-7,12,15,18H,8-11,13-14,16-17H2,1H3,(H,24,26). The van der Waals surface area contributed by atoms with Gasteiger partial charge in [0.15, 0.2) is 0 Å². The van der Waals surface area contributed by atoms with Crippen LogP contribution in [0.4, 0.5) is 0 Å². The summed E-state index contributed by atoms with van der Waals surface area (Å²) in [6, 6.07) is 12.5. The zero-order chi connectivity index (χ0) is 18.2. The van der Waals surface area contributed by atoms with Gasteiger partial charge in [0.1, 0.15) is 0 Å². The first-order valence-corrected chi connectivity index (χ1v) is 9.65. The number of benzene rings is 1. The second-order valence-corrected chi connectivity index (χ2v) is 7.41. The number of rotatable bonds is 7. The van der Waals surface area contributed by atoms with Crippen LogP contribution < -0.4 is 5.32 Å². The monoisotopic (exact) mass is 351 g/mol. The van der Waals surface area contributed by atoms with Crippen LogP contribution in [0.2, 0.25) is 0 Å². The highest BCUT2D eigenvalue weighted by Gasteiger charge is 2.15. The fourth-order valence-electron chi connectivity index (χ4n) is 3.33. The minimum absolute atomic E-state index is 0.0837. The molecule has 0 aliphatic carbocycles. The lowest BCUT2D eigenvalue weighted by Crippen LogP contribution is -2.32. The number of carbonyl (C=O) groups excluding carboxylic acids is 1. The summed E-state index contributed by atoms with van der Waals surface area (Å²) in [5.41, 5.74) is 3.60. The molecule has 0 unspecified atom stereocenters. The summed E-state index contributed by atoms with van der Waals surface area (Å²) in [7, 11) is 0. The van der Waals surface area contributed by atoms with Gasteiger partial charge in [-0.3, -0.25) is 14.7 Å². The molecule has 4 heteroatoms. The number of hydrogen-bond donors (Lipinski definition) is 1. The number of hydrogen-bond acceptors (Lipinski definition) is 3. The molecule has 0 atom stereocenters. The largest absolute Gasteiger partial charge is 0.352 e. The molecule has 1 fully saturated rings. The van der Waals surface area contributed by atoms with Crippen LogP contribution in [0.5, 0.6) is 0 Å². The molecular formula is C22H29N3O. The number of likely N-dealkylation sites (tertiary alicyclic amines) is 1. The van der Waals surface area contributed by atoms with Crippen LogP contribution in [0.15, 0.2) is 48.8 Å². The minimum Gasteiger partial charge on any atom is -0.352 e. The third kappa shape index (κ3) is 5.95. The predicted octanol–water partition coefficient (Wildman–Crippen LogP) is 3.56. The first-order chi connectivity index (χ1) is 12.7. The third-order valence-corrected chi connectivity index (χ3v) is 5.16. The fraction of sp³-hybridized carbons (Fsp3) is 0.455. The van der Waals surface area contributed by atoms with E-state index in [1.54, 1.807) is 6.20 Å². The van der Waals surface area contributed by atoms with Gasteiger partial charge in [0.05, 0.1) is 0 Å². The molecular weight excluding hydrogens is 322 g/mol. The van der Waals surface area contributed by atoms with Gasteiger partial charge in [0.25, 0.3) is 0 Å². The highest BCUT2D eigenvalue weighted by molar-refractivity contribution is 5.76. The first kappa shape index (κ1) is 18.6. The van der Waals surface area contributed by atoms with Gasteiger partial charge in [-0.05, 0) is 61.0 Å². The molecule has 0 bridgehead atoms. The average molecular weight is 351 g/mol. The Labute approximate surface area is 156 Å². The van der Waals surface area contributed by atoms with Crippen molar-refractivity contribution in [3.63, 3.8) is 0 Å². The summed E-state index contributed by atoms with van der Waals surface area (Å²) in [6.07, 6.45) is 7.41. The van der Waals surface area contributed by atoms with Gasteiger partial charge in [0.2, 0.25) is 5.91 Å². The molecule has 1 aromatic heterocycles. The summed E-state index contributed by atoms with van der Waals surface area (Å²) in [5.74, 6) is 0.954. The maximum atomic E-state index is 12.0. The lowest BCUT2D eigenvalue weighted by atomic mass is 9.99. The second kappa shape index (κ2) is 9.48. The number of aromatic nitrogens is 1. The maximum Gasteiger partial charge on any atom is 0.220 e. The van der Waals surface area contributed by atoms with Crippen LogP contribution >= 0.6 is 0 Å². The van der Waals surface area contributed by atoms with Crippen molar-refractivity contribution in [3.05, 3.63) is 65.5 Å². The van der Waals surface area contributed by atoms with Crippen molar-refractivity contribution >= 4 is 5.91 Å². The van der Waals surface area contributed by atoms with E-state index >= 15 is 0 Å². The van der Waals surface area contributed by atoms with E-state index in [1.165, 1.54) is 31.5 Å². The smallest absolute Gasteiger partial charge is 0.220 e. The summed E-state index contributed by atoms with van der Waals surface area (Å²) < 4.78 is 0. The van der Waals surface area contributed by atoms with Gasteiger partial charge in [-0.2, -0.15) is 0 Å². The van der Waals surface area contributed by atoms with Crippen molar-refractivity contribution in [1.29, 1.82) is 0 Å². The number of aryl methyl sites for hydroxylation is 1. The molecule has 1 amide bonds. The van der Waals surface area contributed by atoms with Crippen molar-refractivity contribution in [1.82, 2.24) is 15.2 Å². The van der Waals surface area contributed by atoms with E-state index in [-0.39, 0.29) is 5.91 Å². The van der Waals surface area contributed by atoms with E-state index in [0.29, 0.717) is 13.0 Å². The number of nitrogens with zero attached hydrogens (tertiary/aromatic N) is 2. The molecule has 3 rings (SSSR count). The summed E-state index contributed by atoms with van der Waals surface area (Å²) in [5, 5.41) is 3.01. The number of amides is 1. The molecule has 1 N–H and O–H groups in total.